The van der Waals surface area contributed by atoms with Crippen LogP contribution >= 0.6 is 15.9 Å². The van der Waals surface area contributed by atoms with Crippen LogP contribution in [0.4, 0.5) is 0 Å². The van der Waals surface area contributed by atoms with Crippen LogP contribution in [-0.2, 0) is 0 Å². The van der Waals surface area contributed by atoms with E-state index < -0.39 is 0 Å². The first-order valence-electron chi connectivity index (χ1n) is 6.17. The molecule has 7 heteroatoms. The maximum Gasteiger partial charge on any atom is 0.255 e. The number of rotatable bonds is 3. The Bertz CT molecular complexity index is 623. The van der Waals surface area contributed by atoms with Crippen molar-refractivity contribution in [3.63, 3.8) is 0 Å². The van der Waals surface area contributed by atoms with Crippen molar-refractivity contribution < 1.29 is 9.53 Å². The van der Waals surface area contributed by atoms with Crippen molar-refractivity contribution in [2.75, 3.05) is 20.2 Å². The van der Waals surface area contributed by atoms with Crippen LogP contribution in [0.15, 0.2) is 35.1 Å². The standard InChI is InChI=1S/C13H13BrN4O2/c1-20-10-2-3-12(14)11(6-10)13(19)17-7-9(8-17)18-15-4-5-16-18/h2-6,9H,7-8H2,1H3. The van der Waals surface area contributed by atoms with Crippen LogP contribution in [0.3, 0.4) is 0 Å². The quantitative estimate of drug-likeness (QED) is 0.856. The van der Waals surface area contributed by atoms with E-state index in [0.717, 1.165) is 4.47 Å². The van der Waals surface area contributed by atoms with E-state index in [1.165, 1.54) is 0 Å². The fourth-order valence-corrected chi connectivity index (χ4v) is 2.56. The second-order valence-electron chi connectivity index (χ2n) is 4.56. The van der Waals surface area contributed by atoms with Gasteiger partial charge >= 0.3 is 0 Å². The molecule has 0 atom stereocenters. The third-order valence-electron chi connectivity index (χ3n) is 3.32. The molecule has 1 aromatic carbocycles. The monoisotopic (exact) mass is 336 g/mol. The second kappa shape index (κ2) is 5.24. The number of likely N-dealkylation sites (tertiary alicyclic amines) is 1. The maximum absolute atomic E-state index is 12.4. The molecule has 1 amide bonds. The number of amides is 1. The number of ether oxygens (including phenoxy) is 1. The van der Waals surface area contributed by atoms with Crippen LogP contribution in [0.5, 0.6) is 5.75 Å². The third kappa shape index (κ3) is 2.29. The molecule has 0 radical (unpaired) electrons. The summed E-state index contributed by atoms with van der Waals surface area (Å²) in [4.78, 5) is 15.8. The minimum absolute atomic E-state index is 0.0146. The van der Waals surface area contributed by atoms with Crippen molar-refractivity contribution in [2.45, 2.75) is 6.04 Å². The highest BCUT2D eigenvalue weighted by Crippen LogP contribution is 2.27. The molecule has 1 aromatic heterocycles. The molecule has 1 aliphatic heterocycles. The SMILES string of the molecule is COc1ccc(Br)c(C(=O)N2CC(n3nccn3)C2)c1. The zero-order valence-corrected chi connectivity index (χ0v) is 12.4. The van der Waals surface area contributed by atoms with Gasteiger partial charge in [-0.05, 0) is 34.1 Å². The molecule has 0 bridgehead atoms. The summed E-state index contributed by atoms with van der Waals surface area (Å²) in [5.41, 5.74) is 0.608. The molecule has 2 aromatic rings. The van der Waals surface area contributed by atoms with Crippen molar-refractivity contribution in [1.29, 1.82) is 0 Å². The zero-order chi connectivity index (χ0) is 14.1. The summed E-state index contributed by atoms with van der Waals surface area (Å²) in [5.74, 6) is 0.654. The molecule has 1 aliphatic rings. The lowest BCUT2D eigenvalue weighted by Gasteiger charge is -2.38. The van der Waals surface area contributed by atoms with E-state index in [1.807, 2.05) is 12.1 Å². The molecule has 3 rings (SSSR count). The molecule has 0 spiro atoms. The number of halogens is 1. The predicted octanol–water partition coefficient (Wildman–Crippen LogP) is 1.75. The van der Waals surface area contributed by atoms with Gasteiger partial charge in [0.2, 0.25) is 0 Å². The average Bonchev–Trinajstić information content (AvgIpc) is 2.91. The first kappa shape index (κ1) is 13.1. The van der Waals surface area contributed by atoms with Gasteiger partial charge < -0.3 is 9.64 Å². The summed E-state index contributed by atoms with van der Waals surface area (Å²) in [6.07, 6.45) is 3.28. The molecule has 6 nitrogen and oxygen atoms in total. The summed E-state index contributed by atoms with van der Waals surface area (Å²) in [6.45, 7) is 1.24. The highest BCUT2D eigenvalue weighted by atomic mass is 79.9. The van der Waals surface area contributed by atoms with Gasteiger partial charge in [-0.1, -0.05) is 0 Å². The lowest BCUT2D eigenvalue weighted by Crippen LogP contribution is -2.51. The van der Waals surface area contributed by atoms with Crippen LogP contribution in [0.1, 0.15) is 16.4 Å². The average molecular weight is 337 g/mol. The minimum atomic E-state index is -0.0146. The summed E-state index contributed by atoms with van der Waals surface area (Å²) >= 11 is 3.40. The molecule has 104 valence electrons. The summed E-state index contributed by atoms with van der Waals surface area (Å²) in [7, 11) is 1.58. The molecule has 2 heterocycles. The molecule has 0 aliphatic carbocycles. The number of nitrogens with zero attached hydrogens (tertiary/aromatic N) is 4. The van der Waals surface area contributed by atoms with Gasteiger partial charge in [0.05, 0.1) is 25.1 Å². The first-order valence-corrected chi connectivity index (χ1v) is 6.97. The topological polar surface area (TPSA) is 60.2 Å². The van der Waals surface area contributed by atoms with Crippen molar-refractivity contribution in [2.24, 2.45) is 0 Å². The Balaban J connectivity index is 1.72. The van der Waals surface area contributed by atoms with Crippen LogP contribution < -0.4 is 4.74 Å². The zero-order valence-electron chi connectivity index (χ0n) is 10.9. The fourth-order valence-electron chi connectivity index (χ4n) is 2.15. The van der Waals surface area contributed by atoms with Crippen LogP contribution in [-0.4, -0.2) is 46.0 Å². The number of aromatic nitrogens is 3. The molecule has 20 heavy (non-hydrogen) atoms. The Morgan fingerprint density at radius 3 is 2.70 bits per heavy atom. The Labute approximate surface area is 124 Å². The van der Waals surface area contributed by atoms with Gasteiger partial charge in [0.15, 0.2) is 0 Å². The van der Waals surface area contributed by atoms with Gasteiger partial charge in [-0.25, -0.2) is 0 Å². The Kier molecular flexibility index (Phi) is 3.43. The third-order valence-corrected chi connectivity index (χ3v) is 4.01. The van der Waals surface area contributed by atoms with E-state index in [4.69, 9.17) is 4.74 Å². The highest BCUT2D eigenvalue weighted by molar-refractivity contribution is 9.10. The number of benzene rings is 1. The van der Waals surface area contributed by atoms with E-state index >= 15 is 0 Å². The minimum Gasteiger partial charge on any atom is -0.497 e. The predicted molar refractivity (Wildman–Crippen MR) is 75.7 cm³/mol. The number of carbonyl (C=O) groups excluding carboxylic acids is 1. The molecule has 0 N–H and O–H groups in total. The molecule has 1 fully saturated rings. The molecular weight excluding hydrogens is 324 g/mol. The summed E-state index contributed by atoms with van der Waals surface area (Å²) < 4.78 is 5.92. The van der Waals surface area contributed by atoms with Gasteiger partial charge in [0.25, 0.3) is 5.91 Å². The van der Waals surface area contributed by atoms with Gasteiger partial charge in [0, 0.05) is 17.6 Å². The van der Waals surface area contributed by atoms with Gasteiger partial charge in [-0.3, -0.25) is 4.79 Å². The Morgan fingerprint density at radius 2 is 2.05 bits per heavy atom. The van der Waals surface area contributed by atoms with Crippen molar-refractivity contribution in [1.82, 2.24) is 19.9 Å². The van der Waals surface area contributed by atoms with Crippen LogP contribution in [0.2, 0.25) is 0 Å². The number of hydrogen-bond donors (Lipinski definition) is 0. The molecule has 0 saturated carbocycles. The van der Waals surface area contributed by atoms with Crippen LogP contribution in [0, 0.1) is 0 Å². The largest absolute Gasteiger partial charge is 0.497 e. The lowest BCUT2D eigenvalue weighted by atomic mass is 10.1. The van der Waals surface area contributed by atoms with Crippen LogP contribution in [0.25, 0.3) is 0 Å². The molecular formula is C13H13BrN4O2. The van der Waals surface area contributed by atoms with E-state index in [1.54, 1.807) is 35.3 Å². The van der Waals surface area contributed by atoms with E-state index in [2.05, 4.69) is 26.1 Å². The van der Waals surface area contributed by atoms with Gasteiger partial charge in [-0.2, -0.15) is 15.0 Å². The number of hydrogen-bond acceptors (Lipinski definition) is 4. The first-order chi connectivity index (χ1) is 9.69. The fraction of sp³-hybridized carbons (Fsp3) is 0.308. The van der Waals surface area contributed by atoms with Crippen molar-refractivity contribution in [3.05, 3.63) is 40.6 Å². The molecule has 0 unspecified atom stereocenters. The van der Waals surface area contributed by atoms with Crippen molar-refractivity contribution in [3.8, 4) is 5.75 Å². The van der Waals surface area contributed by atoms with E-state index in [0.29, 0.717) is 24.4 Å². The lowest BCUT2D eigenvalue weighted by molar-refractivity contribution is 0.0475. The number of carbonyl (C=O) groups is 1. The Hall–Kier alpha value is -1.89. The summed E-state index contributed by atoms with van der Waals surface area (Å²) in [5, 5.41) is 8.18. The Morgan fingerprint density at radius 1 is 1.35 bits per heavy atom. The van der Waals surface area contributed by atoms with E-state index in [9.17, 15) is 4.79 Å². The van der Waals surface area contributed by atoms with Crippen molar-refractivity contribution >= 4 is 21.8 Å². The smallest absolute Gasteiger partial charge is 0.255 e. The summed E-state index contributed by atoms with van der Waals surface area (Å²) in [6, 6.07) is 5.54. The second-order valence-corrected chi connectivity index (χ2v) is 5.41. The highest BCUT2D eigenvalue weighted by Gasteiger charge is 2.34. The van der Waals surface area contributed by atoms with Gasteiger partial charge in [-0.15, -0.1) is 0 Å². The normalized spacial score (nSPS) is 15.0. The maximum atomic E-state index is 12.4. The number of methoxy groups -OCH3 is 1. The molecule has 1 saturated heterocycles. The van der Waals surface area contributed by atoms with Gasteiger partial charge in [0.1, 0.15) is 11.8 Å². The van der Waals surface area contributed by atoms with E-state index in [-0.39, 0.29) is 11.9 Å².